The fourth-order valence-electron chi connectivity index (χ4n) is 3.24. The number of carbonyl (C=O) groups is 2. The Bertz CT molecular complexity index is 1310. The van der Waals surface area contributed by atoms with Crippen molar-refractivity contribution in [2.45, 2.75) is 22.2 Å². The lowest BCUT2D eigenvalue weighted by atomic mass is 10.1. The number of carbonyl (C=O) groups excluding carboxylic acids is 2. The maximum atomic E-state index is 13.2. The van der Waals surface area contributed by atoms with E-state index in [0.29, 0.717) is 27.3 Å². The topological polar surface area (TPSA) is 93.2 Å². The van der Waals surface area contributed by atoms with Crippen molar-refractivity contribution in [2.75, 3.05) is 23.5 Å². The van der Waals surface area contributed by atoms with Crippen molar-refractivity contribution >= 4 is 57.7 Å². The van der Waals surface area contributed by atoms with E-state index in [1.807, 2.05) is 61.5 Å². The van der Waals surface area contributed by atoms with Crippen LogP contribution in [0.3, 0.4) is 0 Å². The van der Waals surface area contributed by atoms with E-state index in [1.54, 1.807) is 31.4 Å². The second-order valence-electron chi connectivity index (χ2n) is 7.42. The van der Waals surface area contributed by atoms with Crippen LogP contribution in [0.2, 0.25) is 0 Å². The van der Waals surface area contributed by atoms with E-state index in [1.165, 1.54) is 35.1 Å². The standard InChI is InChI=1S/C26H24N4O3S3/c1-3-34-26-29-25(36-30-26)28-24(32)22(17-8-5-4-6-9-17)35-21-14-12-19(13-15-21)27-23(31)18-10-7-11-20(16-18)33-2/h4-16,22H,3H2,1-2H3,(H,27,31)(H,28,29,30,32). The molecule has 1 heterocycles. The van der Waals surface area contributed by atoms with Gasteiger partial charge in [-0.25, -0.2) is 0 Å². The second kappa shape index (κ2) is 12.6. The van der Waals surface area contributed by atoms with Gasteiger partial charge in [0.25, 0.3) is 5.91 Å². The fourth-order valence-corrected chi connectivity index (χ4v) is 5.54. The summed E-state index contributed by atoms with van der Waals surface area (Å²) in [5.41, 5.74) is 2.04. The smallest absolute Gasteiger partial charge is 0.255 e. The highest BCUT2D eigenvalue weighted by atomic mass is 32.2. The van der Waals surface area contributed by atoms with Gasteiger partial charge in [0.2, 0.25) is 16.2 Å². The predicted molar refractivity (Wildman–Crippen MR) is 147 cm³/mol. The van der Waals surface area contributed by atoms with E-state index in [2.05, 4.69) is 20.0 Å². The van der Waals surface area contributed by atoms with Crippen LogP contribution < -0.4 is 15.4 Å². The molecule has 184 valence electrons. The highest BCUT2D eigenvalue weighted by Gasteiger charge is 2.23. The monoisotopic (exact) mass is 536 g/mol. The minimum atomic E-state index is -0.491. The van der Waals surface area contributed by atoms with Crippen molar-refractivity contribution < 1.29 is 14.3 Å². The van der Waals surface area contributed by atoms with Crippen LogP contribution in [0.4, 0.5) is 10.8 Å². The van der Waals surface area contributed by atoms with Crippen LogP contribution in [0.5, 0.6) is 5.75 Å². The number of nitrogens with zero attached hydrogens (tertiary/aromatic N) is 2. The lowest BCUT2D eigenvalue weighted by Gasteiger charge is -2.16. The van der Waals surface area contributed by atoms with E-state index in [0.717, 1.165) is 16.2 Å². The average Bonchev–Trinajstić information content (AvgIpc) is 3.35. The first-order valence-electron chi connectivity index (χ1n) is 11.1. The SMILES string of the molecule is CCSc1nsc(NC(=O)C(Sc2ccc(NC(=O)c3cccc(OC)c3)cc2)c2ccccc2)n1. The van der Waals surface area contributed by atoms with E-state index in [9.17, 15) is 9.59 Å². The summed E-state index contributed by atoms with van der Waals surface area (Å²) in [5.74, 6) is 1.08. The number of rotatable bonds is 10. The first kappa shape index (κ1) is 25.7. The molecular formula is C26H24N4O3S3. The Morgan fingerprint density at radius 3 is 2.50 bits per heavy atom. The molecule has 2 N–H and O–H groups in total. The Kier molecular flexibility index (Phi) is 8.99. The maximum Gasteiger partial charge on any atom is 0.255 e. The lowest BCUT2D eigenvalue weighted by molar-refractivity contribution is -0.115. The molecule has 0 fully saturated rings. The zero-order chi connectivity index (χ0) is 25.3. The lowest BCUT2D eigenvalue weighted by Crippen LogP contribution is -2.19. The molecule has 0 radical (unpaired) electrons. The Labute approximate surface area is 222 Å². The van der Waals surface area contributed by atoms with Crippen LogP contribution in [0.25, 0.3) is 0 Å². The summed E-state index contributed by atoms with van der Waals surface area (Å²) in [7, 11) is 1.56. The molecule has 10 heteroatoms. The van der Waals surface area contributed by atoms with Crippen molar-refractivity contribution in [3.63, 3.8) is 0 Å². The molecule has 3 aromatic carbocycles. The fraction of sp³-hybridized carbons (Fsp3) is 0.154. The van der Waals surface area contributed by atoms with E-state index < -0.39 is 5.25 Å². The molecular weight excluding hydrogens is 513 g/mol. The maximum absolute atomic E-state index is 13.2. The molecule has 1 unspecified atom stereocenters. The molecule has 0 saturated carbocycles. The minimum absolute atomic E-state index is 0.175. The van der Waals surface area contributed by atoms with Gasteiger partial charge in [-0.2, -0.15) is 9.36 Å². The molecule has 7 nitrogen and oxygen atoms in total. The zero-order valence-electron chi connectivity index (χ0n) is 19.6. The summed E-state index contributed by atoms with van der Waals surface area (Å²) in [6.07, 6.45) is 0. The minimum Gasteiger partial charge on any atom is -0.497 e. The summed E-state index contributed by atoms with van der Waals surface area (Å²) in [6, 6.07) is 24.0. The van der Waals surface area contributed by atoms with Gasteiger partial charge in [0, 0.05) is 27.7 Å². The van der Waals surface area contributed by atoms with Crippen molar-refractivity contribution in [1.29, 1.82) is 0 Å². The van der Waals surface area contributed by atoms with E-state index in [-0.39, 0.29) is 11.8 Å². The Balaban J connectivity index is 1.46. The van der Waals surface area contributed by atoms with Gasteiger partial charge < -0.3 is 10.1 Å². The summed E-state index contributed by atoms with van der Waals surface area (Å²) in [4.78, 5) is 31.1. The summed E-state index contributed by atoms with van der Waals surface area (Å²) in [5, 5.41) is 6.45. The average molecular weight is 537 g/mol. The molecule has 2 amide bonds. The quantitative estimate of drug-likeness (QED) is 0.227. The number of aromatic nitrogens is 2. The number of anilines is 2. The number of nitrogens with one attached hydrogen (secondary N) is 2. The van der Waals surface area contributed by atoms with E-state index in [4.69, 9.17) is 4.74 Å². The summed E-state index contributed by atoms with van der Waals surface area (Å²) in [6.45, 7) is 2.03. The molecule has 1 atom stereocenters. The normalized spacial score (nSPS) is 11.5. The molecule has 0 saturated heterocycles. The third-order valence-electron chi connectivity index (χ3n) is 4.95. The Hall–Kier alpha value is -3.34. The van der Waals surface area contributed by atoms with Gasteiger partial charge in [-0.15, -0.1) is 11.8 Å². The molecule has 0 aliphatic rings. The van der Waals surface area contributed by atoms with Crippen LogP contribution in [-0.4, -0.2) is 34.0 Å². The van der Waals surface area contributed by atoms with Crippen molar-refractivity contribution in [3.05, 3.63) is 90.0 Å². The van der Waals surface area contributed by atoms with Crippen LogP contribution >= 0.6 is 35.1 Å². The van der Waals surface area contributed by atoms with Crippen molar-refractivity contribution in [2.24, 2.45) is 0 Å². The summed E-state index contributed by atoms with van der Waals surface area (Å²) < 4.78 is 9.46. The molecule has 1 aromatic heterocycles. The van der Waals surface area contributed by atoms with Gasteiger partial charge in [-0.05, 0) is 53.8 Å². The first-order valence-corrected chi connectivity index (χ1v) is 13.7. The van der Waals surface area contributed by atoms with Gasteiger partial charge in [-0.1, -0.05) is 55.1 Å². The van der Waals surface area contributed by atoms with Gasteiger partial charge in [0.05, 0.1) is 7.11 Å². The summed E-state index contributed by atoms with van der Waals surface area (Å²) >= 11 is 4.13. The molecule has 0 spiro atoms. The zero-order valence-corrected chi connectivity index (χ0v) is 22.1. The number of thioether (sulfide) groups is 2. The third kappa shape index (κ3) is 6.87. The van der Waals surface area contributed by atoms with Crippen LogP contribution in [0, 0.1) is 0 Å². The number of methoxy groups -OCH3 is 1. The molecule has 4 aromatic rings. The van der Waals surface area contributed by atoms with Crippen LogP contribution in [-0.2, 0) is 4.79 Å². The number of ether oxygens (including phenoxy) is 1. The van der Waals surface area contributed by atoms with Gasteiger partial charge >= 0.3 is 0 Å². The molecule has 4 rings (SSSR count). The molecule has 0 bridgehead atoms. The van der Waals surface area contributed by atoms with Crippen molar-refractivity contribution in [3.8, 4) is 5.75 Å². The molecule has 0 aliphatic carbocycles. The largest absolute Gasteiger partial charge is 0.497 e. The third-order valence-corrected chi connectivity index (χ3v) is 7.69. The molecule has 0 aliphatic heterocycles. The first-order chi connectivity index (χ1) is 17.6. The van der Waals surface area contributed by atoms with Crippen LogP contribution in [0.15, 0.2) is 88.9 Å². The number of hydrogen-bond acceptors (Lipinski definition) is 8. The van der Waals surface area contributed by atoms with Gasteiger partial charge in [0.15, 0.2) is 0 Å². The number of hydrogen-bond donors (Lipinski definition) is 2. The Morgan fingerprint density at radius 2 is 1.78 bits per heavy atom. The van der Waals surface area contributed by atoms with Crippen LogP contribution in [0.1, 0.15) is 28.1 Å². The number of amides is 2. The highest BCUT2D eigenvalue weighted by Crippen LogP contribution is 2.37. The second-order valence-corrected chi connectivity index (χ2v) is 10.6. The molecule has 36 heavy (non-hydrogen) atoms. The Morgan fingerprint density at radius 1 is 1.00 bits per heavy atom. The van der Waals surface area contributed by atoms with E-state index >= 15 is 0 Å². The van der Waals surface area contributed by atoms with Gasteiger partial charge in [-0.3, -0.25) is 14.9 Å². The number of benzene rings is 3. The van der Waals surface area contributed by atoms with Gasteiger partial charge in [0.1, 0.15) is 11.0 Å². The highest BCUT2D eigenvalue weighted by molar-refractivity contribution is 8.00. The van der Waals surface area contributed by atoms with Crippen molar-refractivity contribution in [1.82, 2.24) is 9.36 Å². The predicted octanol–water partition coefficient (Wildman–Crippen LogP) is 6.38.